The summed E-state index contributed by atoms with van der Waals surface area (Å²) in [6.45, 7) is 4.13. The maximum atomic E-state index is 5.99. The van der Waals surface area contributed by atoms with Gasteiger partial charge in [0.05, 0.1) is 5.52 Å². The monoisotopic (exact) mass is 408 g/mol. The summed E-state index contributed by atoms with van der Waals surface area (Å²) >= 11 is 0. The lowest BCUT2D eigenvalue weighted by Gasteiger charge is -2.29. The van der Waals surface area contributed by atoms with Crippen LogP contribution >= 0.6 is 0 Å². The number of nitrogens with zero attached hydrogens (tertiary/aromatic N) is 4. The van der Waals surface area contributed by atoms with Crippen LogP contribution < -0.4 is 16.0 Å². The number of hydrogen-bond acceptors (Lipinski definition) is 6. The van der Waals surface area contributed by atoms with Gasteiger partial charge in [0, 0.05) is 73.2 Å². The Morgan fingerprint density at radius 2 is 1.61 bits per heavy atom. The number of aromatic nitrogens is 3. The van der Waals surface area contributed by atoms with Gasteiger partial charge in [0.25, 0.3) is 0 Å². The Morgan fingerprint density at radius 1 is 0.871 bits per heavy atom. The summed E-state index contributed by atoms with van der Waals surface area (Å²) < 4.78 is 0. The maximum Gasteiger partial charge on any atom is 0.161 e. The molecule has 1 saturated heterocycles. The van der Waals surface area contributed by atoms with Crippen LogP contribution in [0.3, 0.4) is 0 Å². The van der Waals surface area contributed by atoms with E-state index in [-0.39, 0.29) is 0 Å². The van der Waals surface area contributed by atoms with Crippen molar-refractivity contribution in [3.05, 3.63) is 90.8 Å². The first kappa shape index (κ1) is 19.2. The second-order valence-electron chi connectivity index (χ2n) is 7.54. The zero-order valence-corrected chi connectivity index (χ0v) is 17.2. The van der Waals surface area contributed by atoms with Gasteiger partial charge < -0.3 is 16.0 Å². The molecular weight excluding hydrogens is 384 g/mol. The van der Waals surface area contributed by atoms with Crippen LogP contribution in [0, 0.1) is 0 Å². The Bertz CT molecular complexity index is 1200. The molecule has 4 aromatic rings. The molecule has 0 amide bonds. The zero-order chi connectivity index (χ0) is 21.0. The van der Waals surface area contributed by atoms with E-state index in [0.29, 0.717) is 5.82 Å². The van der Waals surface area contributed by atoms with Gasteiger partial charge in [-0.25, -0.2) is 9.97 Å². The molecular formula is C25H24N6. The fraction of sp³-hybridized carbons (Fsp3) is 0.160. The summed E-state index contributed by atoms with van der Waals surface area (Å²) in [6, 6.07) is 18.5. The average molecular weight is 409 g/mol. The lowest BCUT2D eigenvalue weighted by atomic mass is 10.0. The van der Waals surface area contributed by atoms with Gasteiger partial charge in [0.2, 0.25) is 0 Å². The van der Waals surface area contributed by atoms with Crippen molar-refractivity contribution in [1.82, 2.24) is 20.3 Å². The highest BCUT2D eigenvalue weighted by Gasteiger charge is 2.13. The fourth-order valence-corrected chi connectivity index (χ4v) is 4.02. The molecule has 0 atom stereocenters. The highest BCUT2D eigenvalue weighted by atomic mass is 15.2. The van der Waals surface area contributed by atoms with Crippen molar-refractivity contribution in [2.24, 2.45) is 5.73 Å². The van der Waals surface area contributed by atoms with E-state index in [4.69, 9.17) is 5.73 Å². The highest BCUT2D eigenvalue weighted by molar-refractivity contribution is 5.94. The number of anilines is 1. The Labute approximate surface area is 181 Å². The number of fused-ring (bicyclic) bond motifs is 1. The van der Waals surface area contributed by atoms with Gasteiger partial charge >= 0.3 is 0 Å². The molecule has 3 heterocycles. The second-order valence-corrected chi connectivity index (χ2v) is 7.54. The molecule has 1 fully saturated rings. The molecule has 3 N–H and O–H groups in total. The van der Waals surface area contributed by atoms with E-state index in [1.807, 2.05) is 42.7 Å². The quantitative estimate of drug-likeness (QED) is 0.538. The fourth-order valence-electron chi connectivity index (χ4n) is 4.02. The number of hydrogen-bond donors (Lipinski definition) is 2. The number of nitrogens with one attached hydrogen (secondary N) is 1. The van der Waals surface area contributed by atoms with E-state index in [1.165, 1.54) is 5.69 Å². The number of rotatable bonds is 4. The second kappa shape index (κ2) is 8.53. The molecule has 6 heteroatoms. The molecule has 1 aliphatic rings. The Balaban J connectivity index is 1.41. The van der Waals surface area contributed by atoms with Crippen molar-refractivity contribution in [3.8, 4) is 11.1 Å². The minimum absolute atomic E-state index is 0.597. The molecule has 31 heavy (non-hydrogen) atoms. The molecule has 0 spiro atoms. The lowest BCUT2D eigenvalue weighted by Crippen LogP contribution is -2.43. The van der Waals surface area contributed by atoms with E-state index < -0.39 is 0 Å². The molecule has 154 valence electrons. The van der Waals surface area contributed by atoms with Crippen LogP contribution in [0.5, 0.6) is 0 Å². The minimum atomic E-state index is 0.597. The molecule has 2 aromatic heterocycles. The van der Waals surface area contributed by atoms with Crippen molar-refractivity contribution in [2.45, 2.75) is 0 Å². The van der Waals surface area contributed by atoms with Gasteiger partial charge in [-0.1, -0.05) is 30.3 Å². The summed E-state index contributed by atoms with van der Waals surface area (Å²) in [5.41, 5.74) is 12.0. The largest absolute Gasteiger partial charge is 0.404 e. The van der Waals surface area contributed by atoms with E-state index in [1.54, 1.807) is 12.4 Å². The molecule has 0 radical (unpaired) electrons. The number of nitrogens with two attached hydrogens (primary N) is 1. The summed E-state index contributed by atoms with van der Waals surface area (Å²) in [5.74, 6) is 0.597. The minimum Gasteiger partial charge on any atom is -0.404 e. The summed E-state index contributed by atoms with van der Waals surface area (Å²) in [7, 11) is 0. The molecule has 0 bridgehead atoms. The predicted molar refractivity (Wildman–Crippen MR) is 126 cm³/mol. The van der Waals surface area contributed by atoms with Crippen LogP contribution in [0.1, 0.15) is 11.4 Å². The van der Waals surface area contributed by atoms with Gasteiger partial charge in [-0.15, -0.1) is 0 Å². The Kier molecular flexibility index (Phi) is 5.29. The molecule has 0 saturated carbocycles. The number of para-hydroxylation sites is 1. The van der Waals surface area contributed by atoms with Crippen LogP contribution in [0.25, 0.3) is 27.6 Å². The van der Waals surface area contributed by atoms with Crippen molar-refractivity contribution >= 4 is 22.2 Å². The standard InChI is InChI=1S/C25H24N6/c26-15-23(21-9-10-28-24-4-2-1-3-22(21)24)25-29-16-19(17-30-25)18-5-7-20(8-6-18)31-13-11-27-12-14-31/h1-10,15-17,27H,11-14,26H2/b23-15-. The van der Waals surface area contributed by atoms with E-state index in [9.17, 15) is 0 Å². The number of pyridine rings is 1. The molecule has 5 rings (SSSR count). The van der Waals surface area contributed by atoms with Gasteiger partial charge in [0.15, 0.2) is 5.82 Å². The third-order valence-electron chi connectivity index (χ3n) is 5.68. The van der Waals surface area contributed by atoms with Crippen LogP contribution in [-0.2, 0) is 0 Å². The first-order valence-corrected chi connectivity index (χ1v) is 10.5. The average Bonchev–Trinajstić information content (AvgIpc) is 2.86. The van der Waals surface area contributed by atoms with Gasteiger partial charge in [-0.05, 0) is 35.4 Å². The SMILES string of the molecule is N/C=C(\c1ncc(-c2ccc(N3CCNCC3)cc2)cn1)c1ccnc2ccccc12. The smallest absolute Gasteiger partial charge is 0.161 e. The Hall–Kier alpha value is -3.77. The van der Waals surface area contributed by atoms with E-state index in [2.05, 4.69) is 49.4 Å². The predicted octanol–water partition coefficient (Wildman–Crippen LogP) is 3.45. The molecule has 0 aliphatic carbocycles. The van der Waals surface area contributed by atoms with Crippen LogP contribution in [0.15, 0.2) is 79.4 Å². The van der Waals surface area contributed by atoms with E-state index in [0.717, 1.165) is 59.3 Å². The summed E-state index contributed by atoms with van der Waals surface area (Å²) in [4.78, 5) is 16.1. The molecule has 1 aliphatic heterocycles. The van der Waals surface area contributed by atoms with Crippen molar-refractivity contribution in [1.29, 1.82) is 0 Å². The van der Waals surface area contributed by atoms with Crippen molar-refractivity contribution in [2.75, 3.05) is 31.1 Å². The first-order chi connectivity index (χ1) is 15.3. The van der Waals surface area contributed by atoms with Gasteiger partial charge in [0.1, 0.15) is 0 Å². The van der Waals surface area contributed by atoms with Gasteiger partial charge in [-0.2, -0.15) is 0 Å². The summed E-state index contributed by atoms with van der Waals surface area (Å²) in [6.07, 6.45) is 7.07. The Morgan fingerprint density at radius 3 is 2.35 bits per heavy atom. The molecule has 6 nitrogen and oxygen atoms in total. The topological polar surface area (TPSA) is 80.0 Å². The van der Waals surface area contributed by atoms with Gasteiger partial charge in [-0.3, -0.25) is 4.98 Å². The van der Waals surface area contributed by atoms with E-state index >= 15 is 0 Å². The van der Waals surface area contributed by atoms with Crippen molar-refractivity contribution < 1.29 is 0 Å². The first-order valence-electron chi connectivity index (χ1n) is 10.5. The third kappa shape index (κ3) is 3.85. The maximum absolute atomic E-state index is 5.99. The molecule has 2 aromatic carbocycles. The molecule has 0 unspecified atom stereocenters. The third-order valence-corrected chi connectivity index (χ3v) is 5.68. The highest BCUT2D eigenvalue weighted by Crippen LogP contribution is 2.28. The van der Waals surface area contributed by atoms with Crippen LogP contribution in [0.4, 0.5) is 5.69 Å². The van der Waals surface area contributed by atoms with Crippen LogP contribution in [0.2, 0.25) is 0 Å². The number of piperazine rings is 1. The van der Waals surface area contributed by atoms with Crippen LogP contribution in [-0.4, -0.2) is 41.1 Å². The normalized spacial score (nSPS) is 14.7. The zero-order valence-electron chi connectivity index (χ0n) is 17.2. The van der Waals surface area contributed by atoms with Crippen molar-refractivity contribution in [3.63, 3.8) is 0 Å². The summed E-state index contributed by atoms with van der Waals surface area (Å²) in [5, 5.41) is 4.41. The lowest BCUT2D eigenvalue weighted by molar-refractivity contribution is 0.589. The number of benzene rings is 2.